The Bertz CT molecular complexity index is 532. The van der Waals surface area contributed by atoms with Gasteiger partial charge in [0.05, 0.1) is 18.8 Å². The second kappa shape index (κ2) is 7.20. The van der Waals surface area contributed by atoms with Gasteiger partial charge < -0.3 is 19.5 Å². The molecule has 2 amide bonds. The van der Waals surface area contributed by atoms with Crippen LogP contribution in [0.2, 0.25) is 0 Å². The number of rotatable bonds is 4. The summed E-state index contributed by atoms with van der Waals surface area (Å²) in [6.07, 6.45) is -1.07. The number of imidazole rings is 1. The summed E-state index contributed by atoms with van der Waals surface area (Å²) in [6.45, 7) is 3.63. The van der Waals surface area contributed by atoms with Gasteiger partial charge in [-0.2, -0.15) is 13.2 Å². The monoisotopic (exact) mass is 334 g/mol. The van der Waals surface area contributed by atoms with Crippen molar-refractivity contribution in [3.05, 3.63) is 18.2 Å². The van der Waals surface area contributed by atoms with E-state index < -0.39 is 12.7 Å². The fourth-order valence-corrected chi connectivity index (χ4v) is 2.55. The van der Waals surface area contributed by atoms with Gasteiger partial charge >= 0.3 is 12.2 Å². The molecular formula is C14H21F3N4O2. The van der Waals surface area contributed by atoms with Crippen LogP contribution in [0.5, 0.6) is 0 Å². The van der Waals surface area contributed by atoms with Crippen molar-refractivity contribution < 1.29 is 22.7 Å². The minimum Gasteiger partial charge on any atom is -0.372 e. The van der Waals surface area contributed by atoms with E-state index in [0.29, 0.717) is 13.1 Å². The summed E-state index contributed by atoms with van der Waals surface area (Å²) in [5.74, 6) is 0.170. The Morgan fingerprint density at radius 2 is 2.22 bits per heavy atom. The molecular weight excluding hydrogens is 313 g/mol. The largest absolute Gasteiger partial charge is 0.406 e. The number of hydrogen-bond acceptors (Lipinski definition) is 3. The molecule has 2 atom stereocenters. The molecule has 0 spiro atoms. The van der Waals surface area contributed by atoms with E-state index in [4.69, 9.17) is 4.74 Å². The van der Waals surface area contributed by atoms with E-state index in [0.717, 1.165) is 11.0 Å². The summed E-state index contributed by atoms with van der Waals surface area (Å²) in [4.78, 5) is 17.7. The number of urea groups is 1. The number of amides is 2. The number of nitrogens with one attached hydrogen (secondary N) is 1. The summed E-state index contributed by atoms with van der Waals surface area (Å²) in [5, 5.41) is 2.63. The zero-order valence-corrected chi connectivity index (χ0v) is 13.1. The van der Waals surface area contributed by atoms with Crippen molar-refractivity contribution in [3.8, 4) is 0 Å². The number of alkyl halides is 3. The van der Waals surface area contributed by atoms with Crippen molar-refractivity contribution in [1.82, 2.24) is 19.8 Å². The van der Waals surface area contributed by atoms with Gasteiger partial charge in [0.2, 0.25) is 0 Å². The Morgan fingerprint density at radius 1 is 1.48 bits per heavy atom. The first-order chi connectivity index (χ1) is 10.8. The molecule has 130 valence electrons. The molecule has 2 rings (SSSR count). The Kier molecular flexibility index (Phi) is 5.51. The van der Waals surface area contributed by atoms with Gasteiger partial charge in [-0.1, -0.05) is 6.92 Å². The van der Waals surface area contributed by atoms with Gasteiger partial charge in [0.1, 0.15) is 12.4 Å². The van der Waals surface area contributed by atoms with Crippen LogP contribution in [0, 0.1) is 0 Å². The lowest BCUT2D eigenvalue weighted by Crippen LogP contribution is -2.52. The predicted molar refractivity (Wildman–Crippen MR) is 76.7 cm³/mol. The van der Waals surface area contributed by atoms with Crippen molar-refractivity contribution in [2.24, 2.45) is 0 Å². The van der Waals surface area contributed by atoms with Crippen LogP contribution in [0.1, 0.15) is 26.1 Å². The molecule has 0 saturated carbocycles. The summed E-state index contributed by atoms with van der Waals surface area (Å²) in [5.41, 5.74) is 0. The number of hydrogen-bond donors (Lipinski definition) is 1. The minimum absolute atomic E-state index is 0.0169. The SMILES string of the molecule is CC[C@@H]1CN(C(=O)NCc2nccn2CC(F)(F)F)C[C@@H](C)O1. The number of carbonyl (C=O) groups is 1. The molecule has 0 unspecified atom stereocenters. The standard InChI is InChI=1S/C14H21F3N4O2/c1-3-11-8-21(7-10(2)23-11)13(22)19-6-12-18-4-5-20(12)9-14(15,16)17/h4-5,10-11H,3,6-9H2,1-2H3,(H,19,22)/t10-,11-/m1/s1. The quantitative estimate of drug-likeness (QED) is 0.918. The molecule has 1 N–H and O–H groups in total. The molecule has 23 heavy (non-hydrogen) atoms. The van der Waals surface area contributed by atoms with E-state index >= 15 is 0 Å². The molecule has 1 fully saturated rings. The lowest BCUT2D eigenvalue weighted by molar-refractivity contribution is -0.141. The maximum Gasteiger partial charge on any atom is 0.406 e. The maximum absolute atomic E-state index is 12.5. The lowest BCUT2D eigenvalue weighted by atomic mass is 10.2. The Labute approximate surface area is 132 Å². The number of halogens is 3. The van der Waals surface area contributed by atoms with Crippen LogP contribution in [-0.4, -0.2) is 52.0 Å². The van der Waals surface area contributed by atoms with Crippen LogP contribution >= 0.6 is 0 Å². The third-order valence-electron chi connectivity index (χ3n) is 3.62. The molecule has 0 bridgehead atoms. The Balaban J connectivity index is 1.91. The van der Waals surface area contributed by atoms with E-state index in [1.165, 1.54) is 12.4 Å². The highest BCUT2D eigenvalue weighted by molar-refractivity contribution is 5.74. The first-order valence-electron chi connectivity index (χ1n) is 7.53. The summed E-state index contributed by atoms with van der Waals surface area (Å²) in [7, 11) is 0. The highest BCUT2D eigenvalue weighted by Crippen LogP contribution is 2.18. The van der Waals surface area contributed by atoms with Gasteiger partial charge in [-0.05, 0) is 13.3 Å². The van der Waals surface area contributed by atoms with E-state index in [9.17, 15) is 18.0 Å². The van der Waals surface area contributed by atoms with Crippen molar-refractivity contribution in [1.29, 1.82) is 0 Å². The van der Waals surface area contributed by atoms with Crippen LogP contribution in [0.3, 0.4) is 0 Å². The summed E-state index contributed by atoms with van der Waals surface area (Å²) >= 11 is 0. The lowest BCUT2D eigenvalue weighted by Gasteiger charge is -2.36. The maximum atomic E-state index is 12.5. The molecule has 1 aromatic rings. The average Bonchev–Trinajstić information content (AvgIpc) is 2.89. The van der Waals surface area contributed by atoms with Gasteiger partial charge in [-0.3, -0.25) is 0 Å². The molecule has 0 aromatic carbocycles. The molecule has 1 aromatic heterocycles. The van der Waals surface area contributed by atoms with Gasteiger partial charge in [-0.25, -0.2) is 9.78 Å². The van der Waals surface area contributed by atoms with Crippen LogP contribution in [-0.2, 0) is 17.8 Å². The molecule has 0 aliphatic carbocycles. The fraction of sp³-hybridized carbons (Fsp3) is 0.714. The molecule has 2 heterocycles. The zero-order chi connectivity index (χ0) is 17.0. The topological polar surface area (TPSA) is 59.4 Å². The second-order valence-corrected chi connectivity index (χ2v) is 5.63. The number of carbonyl (C=O) groups excluding carboxylic acids is 1. The first kappa shape index (κ1) is 17.6. The molecule has 1 saturated heterocycles. The summed E-state index contributed by atoms with van der Waals surface area (Å²) < 4.78 is 44.0. The van der Waals surface area contributed by atoms with Gasteiger partial charge in [0.15, 0.2) is 0 Å². The molecule has 9 heteroatoms. The first-order valence-corrected chi connectivity index (χ1v) is 7.53. The van der Waals surface area contributed by atoms with Gasteiger partial charge in [0, 0.05) is 25.5 Å². The molecule has 1 aliphatic rings. The number of ether oxygens (including phenoxy) is 1. The van der Waals surface area contributed by atoms with Crippen molar-refractivity contribution >= 4 is 6.03 Å². The third kappa shape index (κ3) is 5.12. The molecule has 0 radical (unpaired) electrons. The highest BCUT2D eigenvalue weighted by Gasteiger charge is 2.30. The fourth-order valence-electron chi connectivity index (χ4n) is 2.55. The smallest absolute Gasteiger partial charge is 0.372 e. The van der Waals surface area contributed by atoms with Crippen LogP contribution in [0.25, 0.3) is 0 Å². The van der Waals surface area contributed by atoms with Crippen LogP contribution in [0.4, 0.5) is 18.0 Å². The Morgan fingerprint density at radius 3 is 2.87 bits per heavy atom. The zero-order valence-electron chi connectivity index (χ0n) is 13.1. The van der Waals surface area contributed by atoms with E-state index in [2.05, 4.69) is 10.3 Å². The van der Waals surface area contributed by atoms with Crippen LogP contribution in [0.15, 0.2) is 12.4 Å². The Hall–Kier alpha value is -1.77. The average molecular weight is 334 g/mol. The number of nitrogens with zero attached hydrogens (tertiary/aromatic N) is 3. The van der Waals surface area contributed by atoms with E-state index in [1.54, 1.807) is 4.90 Å². The van der Waals surface area contributed by atoms with Gasteiger partial charge in [-0.15, -0.1) is 0 Å². The minimum atomic E-state index is -4.33. The summed E-state index contributed by atoms with van der Waals surface area (Å²) in [6, 6.07) is -0.319. The van der Waals surface area contributed by atoms with E-state index in [1.807, 2.05) is 13.8 Å². The highest BCUT2D eigenvalue weighted by atomic mass is 19.4. The number of aromatic nitrogens is 2. The number of morpholine rings is 1. The van der Waals surface area contributed by atoms with Crippen molar-refractivity contribution in [3.63, 3.8) is 0 Å². The molecule has 6 nitrogen and oxygen atoms in total. The second-order valence-electron chi connectivity index (χ2n) is 5.63. The van der Waals surface area contributed by atoms with Gasteiger partial charge in [0.25, 0.3) is 0 Å². The van der Waals surface area contributed by atoms with Crippen molar-refractivity contribution in [2.75, 3.05) is 13.1 Å². The third-order valence-corrected chi connectivity index (χ3v) is 3.62. The van der Waals surface area contributed by atoms with Crippen LogP contribution < -0.4 is 5.32 Å². The van der Waals surface area contributed by atoms with Crippen molar-refractivity contribution in [2.45, 2.75) is 51.7 Å². The van der Waals surface area contributed by atoms with E-state index in [-0.39, 0.29) is 30.6 Å². The normalized spacial score (nSPS) is 22.2. The molecule has 1 aliphatic heterocycles. The predicted octanol–water partition coefficient (Wildman–Crippen LogP) is 2.15.